The fraction of sp³-hybridized carbons (Fsp3) is 0.667. The number of hydrogen-bond donors (Lipinski definition) is 9. The highest BCUT2D eigenvalue weighted by molar-refractivity contribution is 5.97. The van der Waals surface area contributed by atoms with Gasteiger partial charge in [-0.2, -0.15) is 0 Å². The molecule has 372 valence electrons. The maximum atomic E-state index is 13.0. The van der Waals surface area contributed by atoms with Crippen LogP contribution in [0, 0.1) is 17.3 Å². The van der Waals surface area contributed by atoms with Crippen LogP contribution in [0.15, 0.2) is 18.2 Å². The van der Waals surface area contributed by atoms with Crippen molar-refractivity contribution in [2.24, 2.45) is 34.5 Å². The molecule has 0 saturated carbocycles. The number of hydrogen-bond acceptors (Lipinski definition) is 13. The zero-order chi connectivity index (χ0) is 50.6. The molecule has 0 aliphatic carbocycles. The molecule has 65 heavy (non-hydrogen) atoms. The summed E-state index contributed by atoms with van der Waals surface area (Å²) >= 11 is 0. The van der Waals surface area contributed by atoms with Gasteiger partial charge in [-0.1, -0.05) is 67.9 Å². The lowest BCUT2D eigenvalue weighted by molar-refractivity contribution is -0.148. The minimum atomic E-state index is -1.02. The Balaban J connectivity index is -0.00000115. The lowest BCUT2D eigenvalue weighted by atomic mass is 9.87. The van der Waals surface area contributed by atoms with Crippen LogP contribution >= 0.6 is 0 Å². The van der Waals surface area contributed by atoms with Crippen LogP contribution in [0.5, 0.6) is 0 Å². The fourth-order valence-corrected chi connectivity index (χ4v) is 4.96. The monoisotopic (exact) mass is 924 g/mol. The van der Waals surface area contributed by atoms with Crippen molar-refractivity contribution in [1.82, 2.24) is 26.6 Å². The van der Waals surface area contributed by atoms with E-state index in [4.69, 9.17) is 25.7 Å². The number of carbonyl (C=O) groups is 9. The molecule has 12 N–H and O–H groups in total. The van der Waals surface area contributed by atoms with E-state index >= 15 is 0 Å². The molecule has 0 heterocycles. The molecule has 0 aromatic heterocycles. The van der Waals surface area contributed by atoms with Gasteiger partial charge in [0, 0.05) is 67.2 Å². The second-order valence-corrected chi connectivity index (χ2v) is 16.7. The van der Waals surface area contributed by atoms with E-state index in [0.29, 0.717) is 49.3 Å². The van der Waals surface area contributed by atoms with Crippen LogP contribution in [0.25, 0.3) is 0 Å². The van der Waals surface area contributed by atoms with Crippen molar-refractivity contribution in [1.29, 1.82) is 0 Å². The summed E-state index contributed by atoms with van der Waals surface area (Å²) in [5.74, 6) is -2.81. The van der Waals surface area contributed by atoms with Gasteiger partial charge in [-0.15, -0.1) is 0 Å². The second-order valence-electron chi connectivity index (χ2n) is 16.7. The number of nitrogens with two attached hydrogens (primary N) is 3. The van der Waals surface area contributed by atoms with Gasteiger partial charge in [0.1, 0.15) is 18.4 Å². The van der Waals surface area contributed by atoms with Gasteiger partial charge in [0.15, 0.2) is 0 Å². The Morgan fingerprint density at radius 3 is 1.98 bits per heavy atom. The molecule has 1 unspecified atom stereocenters. The highest BCUT2D eigenvalue weighted by Crippen LogP contribution is 2.25. The van der Waals surface area contributed by atoms with Crippen molar-refractivity contribution in [3.05, 3.63) is 29.3 Å². The van der Waals surface area contributed by atoms with Crippen molar-refractivity contribution < 1.29 is 52.6 Å². The molecule has 1 rings (SSSR count). The molecule has 7 amide bonds. The second kappa shape index (κ2) is 36.8. The zero-order valence-electron chi connectivity index (χ0n) is 40.7. The smallest absolute Gasteiger partial charge is 0.308 e. The summed E-state index contributed by atoms with van der Waals surface area (Å²) in [7, 11) is 1.86. The molecule has 0 saturated heterocycles. The van der Waals surface area contributed by atoms with Crippen molar-refractivity contribution in [3.63, 3.8) is 0 Å². The van der Waals surface area contributed by atoms with Gasteiger partial charge in [-0.05, 0) is 65.3 Å². The first-order valence-electron chi connectivity index (χ1n) is 22.0. The molecule has 0 aliphatic rings. The summed E-state index contributed by atoms with van der Waals surface area (Å²) in [5, 5.41) is 16.1. The normalized spacial score (nSPS) is 11.1. The van der Waals surface area contributed by atoms with Gasteiger partial charge < -0.3 is 58.6 Å². The third-order valence-electron chi connectivity index (χ3n) is 8.83. The predicted molar refractivity (Wildman–Crippen MR) is 251 cm³/mol. The van der Waals surface area contributed by atoms with E-state index in [-0.39, 0.29) is 80.8 Å². The van der Waals surface area contributed by atoms with Gasteiger partial charge in [-0.3, -0.25) is 43.2 Å². The Hall–Kier alpha value is -5.47. The molecule has 0 fully saturated rings. The van der Waals surface area contributed by atoms with Crippen LogP contribution in [-0.4, -0.2) is 112 Å². The van der Waals surface area contributed by atoms with E-state index in [1.807, 2.05) is 34.7 Å². The van der Waals surface area contributed by atoms with Crippen molar-refractivity contribution in [2.75, 3.05) is 51.7 Å². The number of ketones is 1. The Morgan fingerprint density at radius 2 is 1.46 bits per heavy atom. The predicted octanol–water partition coefficient (Wildman–Crippen LogP) is 1.96. The number of carbonyl (C=O) groups excluding carboxylic acids is 9. The summed E-state index contributed by atoms with van der Waals surface area (Å²) in [6.45, 7) is 20.5. The third kappa shape index (κ3) is 32.8. The van der Waals surface area contributed by atoms with Gasteiger partial charge in [0.05, 0.1) is 18.1 Å². The fourth-order valence-electron chi connectivity index (χ4n) is 4.96. The standard InChI is InChI=1S/C26H49N5O6.C15H21N3O4.C3H8.CH3NO/c1-18(2)20(32)16-26(5,6)37-15-12-25(3,4)24(36)31-19(10-11-21(27)33)23(35)30-17-22(34)29-14-9-8-13-28-7;1-10(2)15(21)22-8-11-3-4-12(18-9-19)7-13(11)14(20)17-6-5-16;1-3-2;2-1-3/h18-19,28H,8-17H2,1-7H3,(H2,27,33)(H,29,34)(H,30,35)(H,31,36);3-4,7,9-10H,5-6,8,16H2,1-2H3,(H,17,20)(H,18,19);3H2,1-2H3;1H,(H2,2,3). The molecule has 20 nitrogen and oxygen atoms in total. The average molecular weight is 924 g/mol. The highest BCUT2D eigenvalue weighted by atomic mass is 16.5. The van der Waals surface area contributed by atoms with Crippen molar-refractivity contribution >= 4 is 59.8 Å². The number of anilines is 1. The Kier molecular flexibility index (Phi) is 36.2. The highest BCUT2D eigenvalue weighted by Gasteiger charge is 2.33. The molecule has 0 bridgehead atoms. The number of benzene rings is 1. The third-order valence-corrected chi connectivity index (χ3v) is 8.83. The molecule has 1 atom stereocenters. The summed E-state index contributed by atoms with van der Waals surface area (Å²) in [6.07, 6.45) is 4.28. The van der Waals surface area contributed by atoms with Gasteiger partial charge in [-0.25, -0.2) is 0 Å². The van der Waals surface area contributed by atoms with E-state index in [1.54, 1.807) is 39.8 Å². The summed E-state index contributed by atoms with van der Waals surface area (Å²) in [5.41, 5.74) is 14.6. The first-order chi connectivity index (χ1) is 30.4. The molecular formula is C45H81N9O11. The molecule has 0 aliphatic heterocycles. The molecule has 0 radical (unpaired) electrons. The van der Waals surface area contributed by atoms with Crippen molar-refractivity contribution in [2.45, 2.75) is 132 Å². The number of amides is 7. The van der Waals surface area contributed by atoms with Gasteiger partial charge in [0.2, 0.25) is 36.4 Å². The Morgan fingerprint density at radius 1 is 0.862 bits per heavy atom. The number of primary amides is 2. The first-order valence-corrected chi connectivity index (χ1v) is 22.0. The quantitative estimate of drug-likeness (QED) is 0.0330. The molecule has 20 heteroatoms. The average Bonchev–Trinajstić information content (AvgIpc) is 3.22. The number of esters is 1. The van der Waals surface area contributed by atoms with Crippen LogP contribution in [-0.2, 0) is 54.4 Å². The Bertz CT molecular complexity index is 1600. The summed E-state index contributed by atoms with van der Waals surface area (Å²) < 4.78 is 11.0. The minimum absolute atomic E-state index is 0.00939. The minimum Gasteiger partial charge on any atom is -0.461 e. The lowest BCUT2D eigenvalue weighted by Crippen LogP contribution is -2.52. The lowest BCUT2D eigenvalue weighted by Gasteiger charge is -2.30. The van der Waals surface area contributed by atoms with Gasteiger partial charge >= 0.3 is 5.97 Å². The number of nitrogens with one attached hydrogen (secondary N) is 6. The SMILES string of the molecule is CC(C)C(=O)OCc1ccc(NC=O)cc1C(=O)NCCN.CCC.CNCCCCNC(=O)CNC(=O)C(CCC(N)=O)NC(=O)C(C)(C)CCOC(C)(C)CC(=O)C(C)C.NC=O. The van der Waals surface area contributed by atoms with Crippen LogP contribution in [0.4, 0.5) is 5.69 Å². The van der Waals surface area contributed by atoms with E-state index in [2.05, 4.69) is 51.5 Å². The molecular weight excluding hydrogens is 843 g/mol. The molecule has 1 aromatic carbocycles. The van der Waals surface area contributed by atoms with E-state index in [1.165, 1.54) is 12.5 Å². The van der Waals surface area contributed by atoms with Crippen molar-refractivity contribution in [3.8, 4) is 0 Å². The number of Topliss-reactive ketones (excluding diaryl/α,β-unsaturated/α-hetero) is 1. The molecule has 0 spiro atoms. The van der Waals surface area contributed by atoms with E-state index < -0.39 is 34.8 Å². The van der Waals surface area contributed by atoms with Gasteiger partial charge in [0.25, 0.3) is 5.91 Å². The number of rotatable bonds is 28. The number of ether oxygens (including phenoxy) is 2. The van der Waals surface area contributed by atoms with Crippen LogP contribution in [0.2, 0.25) is 0 Å². The van der Waals surface area contributed by atoms with E-state index in [9.17, 15) is 38.4 Å². The maximum absolute atomic E-state index is 13.0. The van der Waals surface area contributed by atoms with E-state index in [0.717, 1.165) is 19.4 Å². The first kappa shape index (κ1) is 63.8. The zero-order valence-corrected chi connectivity index (χ0v) is 40.7. The van der Waals surface area contributed by atoms with Crippen LogP contribution < -0.4 is 49.1 Å². The largest absolute Gasteiger partial charge is 0.461 e. The summed E-state index contributed by atoms with van der Waals surface area (Å²) in [6, 6.07) is 3.77. The maximum Gasteiger partial charge on any atom is 0.308 e. The topological polar surface area (TPSA) is 322 Å². The molecule has 1 aromatic rings. The number of unbranched alkanes of at least 4 members (excludes halogenated alkanes) is 1. The Labute approximate surface area is 386 Å². The summed E-state index contributed by atoms with van der Waals surface area (Å²) in [4.78, 5) is 104. The van der Waals surface area contributed by atoms with Crippen LogP contribution in [0.1, 0.15) is 130 Å². The van der Waals surface area contributed by atoms with Crippen LogP contribution in [0.3, 0.4) is 0 Å².